The van der Waals surface area contributed by atoms with Gasteiger partial charge in [-0.1, -0.05) is 18.2 Å². The summed E-state index contributed by atoms with van der Waals surface area (Å²) in [5.41, 5.74) is 10.0. The Morgan fingerprint density at radius 3 is 2.93 bits per heavy atom. The fourth-order valence-electron chi connectivity index (χ4n) is 3.83. The van der Waals surface area contributed by atoms with Crippen LogP contribution >= 0.6 is 0 Å². The molecule has 1 aliphatic heterocycles. The lowest BCUT2D eigenvalue weighted by Gasteiger charge is -2.22. The van der Waals surface area contributed by atoms with E-state index >= 15 is 0 Å². The molecule has 4 aromatic rings. The van der Waals surface area contributed by atoms with Gasteiger partial charge in [0.15, 0.2) is 0 Å². The van der Waals surface area contributed by atoms with E-state index < -0.39 is 0 Å². The molecule has 7 heteroatoms. The fraction of sp³-hybridized carbons (Fsp3) is 0.136. The van der Waals surface area contributed by atoms with E-state index in [0.29, 0.717) is 29.9 Å². The number of hydrogen-bond donors (Lipinski definition) is 4. The highest BCUT2D eigenvalue weighted by molar-refractivity contribution is 6.08. The maximum atomic E-state index is 12.8. The molecule has 0 radical (unpaired) electrons. The van der Waals surface area contributed by atoms with Gasteiger partial charge in [-0.15, -0.1) is 0 Å². The molecule has 1 unspecified atom stereocenters. The second-order valence-electron chi connectivity index (χ2n) is 7.22. The van der Waals surface area contributed by atoms with Crippen molar-refractivity contribution in [1.82, 2.24) is 15.3 Å². The highest BCUT2D eigenvalue weighted by Crippen LogP contribution is 2.28. The zero-order chi connectivity index (χ0) is 20.0. The first-order chi connectivity index (χ1) is 14.1. The molecule has 2 aromatic heterocycles. The van der Waals surface area contributed by atoms with E-state index in [2.05, 4.69) is 20.6 Å². The van der Waals surface area contributed by atoms with E-state index in [-0.39, 0.29) is 17.9 Å². The minimum Gasteiger partial charge on any atom is -0.350 e. The number of benzene rings is 2. The lowest BCUT2D eigenvalue weighted by Crippen LogP contribution is -2.45. The number of aromatic amines is 1. The largest absolute Gasteiger partial charge is 0.350 e. The van der Waals surface area contributed by atoms with Crippen LogP contribution in [0.25, 0.3) is 21.8 Å². The van der Waals surface area contributed by atoms with Gasteiger partial charge in [-0.05, 0) is 42.3 Å². The standard InChI is InChI=1S/C22H19N5O2/c23-10-14-9-17-16-8-13(5-6-19(16)27-20(17)22(29)25-14)21(28)26-15-7-12-3-1-2-4-18(12)24-11-15/h1-8,11,14,27H,9-10,23H2,(H,25,29)(H,26,28). The van der Waals surface area contributed by atoms with Crippen molar-refractivity contribution in [2.24, 2.45) is 5.73 Å². The van der Waals surface area contributed by atoms with Gasteiger partial charge in [0.2, 0.25) is 0 Å². The van der Waals surface area contributed by atoms with Crippen molar-refractivity contribution >= 4 is 39.3 Å². The number of nitrogens with two attached hydrogens (primary N) is 1. The molecule has 2 aromatic carbocycles. The van der Waals surface area contributed by atoms with Crippen LogP contribution in [0, 0.1) is 0 Å². The molecule has 0 bridgehead atoms. The maximum absolute atomic E-state index is 12.8. The van der Waals surface area contributed by atoms with Gasteiger partial charge in [-0.3, -0.25) is 14.6 Å². The SMILES string of the molecule is NCC1Cc2c([nH]c3ccc(C(=O)Nc4cnc5ccccc5c4)cc23)C(=O)N1. The molecular weight excluding hydrogens is 366 g/mol. The Hall–Kier alpha value is -3.71. The number of pyridine rings is 1. The van der Waals surface area contributed by atoms with Crippen LogP contribution < -0.4 is 16.4 Å². The Kier molecular flexibility index (Phi) is 4.03. The third-order valence-corrected chi connectivity index (χ3v) is 5.31. The minimum atomic E-state index is -0.227. The van der Waals surface area contributed by atoms with Crippen molar-refractivity contribution in [3.05, 3.63) is 71.5 Å². The normalized spacial score (nSPS) is 15.9. The molecule has 5 rings (SSSR count). The topological polar surface area (TPSA) is 113 Å². The summed E-state index contributed by atoms with van der Waals surface area (Å²) in [4.78, 5) is 32.7. The summed E-state index contributed by atoms with van der Waals surface area (Å²) in [6.45, 7) is 0.368. The van der Waals surface area contributed by atoms with E-state index in [0.717, 1.165) is 27.4 Å². The Bertz CT molecular complexity index is 1280. The summed E-state index contributed by atoms with van der Waals surface area (Å²) < 4.78 is 0. The molecule has 0 spiro atoms. The summed E-state index contributed by atoms with van der Waals surface area (Å²) in [6.07, 6.45) is 2.28. The number of anilines is 1. The molecule has 0 saturated carbocycles. The molecule has 7 nitrogen and oxygen atoms in total. The number of fused-ring (bicyclic) bond motifs is 4. The zero-order valence-electron chi connectivity index (χ0n) is 15.5. The number of hydrogen-bond acceptors (Lipinski definition) is 4. The molecule has 1 aliphatic rings. The van der Waals surface area contributed by atoms with Crippen LogP contribution in [0.1, 0.15) is 26.4 Å². The quantitative estimate of drug-likeness (QED) is 0.434. The Morgan fingerprint density at radius 1 is 1.21 bits per heavy atom. The van der Waals surface area contributed by atoms with Crippen molar-refractivity contribution in [3.63, 3.8) is 0 Å². The lowest BCUT2D eigenvalue weighted by molar-refractivity contribution is 0.0922. The number of nitrogens with zero attached hydrogens (tertiary/aromatic N) is 1. The summed E-state index contributed by atoms with van der Waals surface area (Å²) in [5.74, 6) is -0.388. The van der Waals surface area contributed by atoms with Crippen molar-refractivity contribution in [2.45, 2.75) is 12.5 Å². The first-order valence-electron chi connectivity index (χ1n) is 9.44. The third-order valence-electron chi connectivity index (χ3n) is 5.31. The Balaban J connectivity index is 1.48. The highest BCUT2D eigenvalue weighted by Gasteiger charge is 2.27. The fourth-order valence-corrected chi connectivity index (χ4v) is 3.83. The van der Waals surface area contributed by atoms with Crippen LogP contribution in [-0.2, 0) is 6.42 Å². The van der Waals surface area contributed by atoms with Crippen molar-refractivity contribution in [2.75, 3.05) is 11.9 Å². The number of H-pyrrole nitrogens is 1. The first kappa shape index (κ1) is 17.4. The number of carbonyl (C=O) groups excluding carboxylic acids is 2. The second kappa shape index (κ2) is 6.72. The lowest BCUT2D eigenvalue weighted by atomic mass is 9.97. The predicted molar refractivity (Wildman–Crippen MR) is 112 cm³/mol. The van der Waals surface area contributed by atoms with Gasteiger partial charge in [-0.25, -0.2) is 0 Å². The van der Waals surface area contributed by atoms with Gasteiger partial charge in [0.25, 0.3) is 11.8 Å². The van der Waals surface area contributed by atoms with E-state index in [1.807, 2.05) is 42.5 Å². The third kappa shape index (κ3) is 3.01. The maximum Gasteiger partial charge on any atom is 0.268 e. The molecule has 1 atom stereocenters. The number of nitrogens with one attached hydrogen (secondary N) is 3. The van der Waals surface area contributed by atoms with Crippen molar-refractivity contribution in [3.8, 4) is 0 Å². The van der Waals surface area contributed by atoms with Crippen LogP contribution in [0.4, 0.5) is 5.69 Å². The van der Waals surface area contributed by atoms with E-state index in [1.165, 1.54) is 0 Å². The molecule has 3 heterocycles. The van der Waals surface area contributed by atoms with Crippen LogP contribution in [0.5, 0.6) is 0 Å². The molecule has 29 heavy (non-hydrogen) atoms. The molecular formula is C22H19N5O2. The molecule has 0 fully saturated rings. The zero-order valence-corrected chi connectivity index (χ0v) is 15.5. The van der Waals surface area contributed by atoms with E-state index in [9.17, 15) is 9.59 Å². The Morgan fingerprint density at radius 2 is 2.07 bits per heavy atom. The number of aromatic nitrogens is 2. The van der Waals surface area contributed by atoms with Gasteiger partial charge in [0, 0.05) is 34.4 Å². The van der Waals surface area contributed by atoms with Gasteiger partial charge in [0.05, 0.1) is 17.4 Å². The molecule has 5 N–H and O–H groups in total. The molecule has 0 aliphatic carbocycles. The van der Waals surface area contributed by atoms with Gasteiger partial charge in [-0.2, -0.15) is 0 Å². The molecule has 2 amide bonds. The van der Waals surface area contributed by atoms with Gasteiger partial charge < -0.3 is 21.4 Å². The van der Waals surface area contributed by atoms with E-state index in [4.69, 9.17) is 5.73 Å². The summed E-state index contributed by atoms with van der Waals surface area (Å²) >= 11 is 0. The summed E-state index contributed by atoms with van der Waals surface area (Å²) in [5, 5.41) is 7.62. The average molecular weight is 385 g/mol. The number of rotatable bonds is 3. The van der Waals surface area contributed by atoms with Gasteiger partial charge >= 0.3 is 0 Å². The van der Waals surface area contributed by atoms with Crippen LogP contribution in [0.15, 0.2) is 54.7 Å². The number of carbonyl (C=O) groups is 2. The van der Waals surface area contributed by atoms with Crippen LogP contribution in [-0.4, -0.2) is 34.4 Å². The second-order valence-corrected chi connectivity index (χ2v) is 7.22. The van der Waals surface area contributed by atoms with E-state index in [1.54, 1.807) is 12.3 Å². The summed E-state index contributed by atoms with van der Waals surface area (Å²) in [6, 6.07) is 14.9. The molecule has 144 valence electrons. The number of para-hydroxylation sites is 1. The summed E-state index contributed by atoms with van der Waals surface area (Å²) in [7, 11) is 0. The smallest absolute Gasteiger partial charge is 0.268 e. The highest BCUT2D eigenvalue weighted by atomic mass is 16.2. The minimum absolute atomic E-state index is 0.102. The first-order valence-corrected chi connectivity index (χ1v) is 9.44. The van der Waals surface area contributed by atoms with Gasteiger partial charge in [0.1, 0.15) is 5.69 Å². The van der Waals surface area contributed by atoms with Crippen LogP contribution in [0.3, 0.4) is 0 Å². The average Bonchev–Trinajstić information content (AvgIpc) is 3.12. The predicted octanol–water partition coefficient (Wildman–Crippen LogP) is 2.58. The van der Waals surface area contributed by atoms with Crippen molar-refractivity contribution in [1.29, 1.82) is 0 Å². The van der Waals surface area contributed by atoms with Crippen LogP contribution in [0.2, 0.25) is 0 Å². The monoisotopic (exact) mass is 385 g/mol. The molecule has 0 saturated heterocycles. The number of amides is 2. The Labute approximate surface area is 166 Å². The van der Waals surface area contributed by atoms with Crippen molar-refractivity contribution < 1.29 is 9.59 Å².